The van der Waals surface area contributed by atoms with Crippen LogP contribution in [0.15, 0.2) is 30.9 Å². The molecule has 0 atom stereocenters. The van der Waals surface area contributed by atoms with Crippen LogP contribution in [0.2, 0.25) is 0 Å². The SMILES string of the molecule is CNc1cncc(-c2cnccc2C)n1. The minimum Gasteiger partial charge on any atom is -0.372 e. The lowest BCUT2D eigenvalue weighted by Crippen LogP contribution is -1.96. The quantitative estimate of drug-likeness (QED) is 0.804. The molecule has 0 unspecified atom stereocenters. The molecule has 0 spiro atoms. The van der Waals surface area contributed by atoms with E-state index in [0.717, 1.165) is 22.6 Å². The van der Waals surface area contributed by atoms with Gasteiger partial charge in [-0.3, -0.25) is 9.97 Å². The molecule has 2 heterocycles. The number of rotatable bonds is 2. The van der Waals surface area contributed by atoms with Crippen molar-refractivity contribution in [3.63, 3.8) is 0 Å². The van der Waals surface area contributed by atoms with Gasteiger partial charge in [0.05, 0.1) is 18.1 Å². The van der Waals surface area contributed by atoms with Gasteiger partial charge in [0.15, 0.2) is 0 Å². The Bertz CT molecular complexity index is 468. The van der Waals surface area contributed by atoms with Gasteiger partial charge < -0.3 is 5.32 Å². The maximum Gasteiger partial charge on any atom is 0.144 e. The molecule has 2 aromatic heterocycles. The Morgan fingerprint density at radius 1 is 1.13 bits per heavy atom. The van der Waals surface area contributed by atoms with Crippen LogP contribution in [0.5, 0.6) is 0 Å². The smallest absolute Gasteiger partial charge is 0.144 e. The number of hydrogen-bond acceptors (Lipinski definition) is 4. The molecule has 0 saturated heterocycles. The molecule has 2 rings (SSSR count). The van der Waals surface area contributed by atoms with Gasteiger partial charge >= 0.3 is 0 Å². The number of anilines is 1. The van der Waals surface area contributed by atoms with Crippen molar-refractivity contribution in [3.05, 3.63) is 36.4 Å². The van der Waals surface area contributed by atoms with E-state index < -0.39 is 0 Å². The average molecular weight is 200 g/mol. The molecule has 0 saturated carbocycles. The van der Waals surface area contributed by atoms with Gasteiger partial charge in [0, 0.05) is 25.0 Å². The molecule has 2 aromatic rings. The standard InChI is InChI=1S/C11H12N4/c1-8-3-4-13-5-9(8)10-6-14-7-11(12-2)15-10/h3-7H,1-2H3,(H,12,15). The molecule has 0 aliphatic carbocycles. The second-order valence-corrected chi connectivity index (χ2v) is 3.23. The Balaban J connectivity index is 2.49. The molecule has 0 radical (unpaired) electrons. The van der Waals surface area contributed by atoms with Gasteiger partial charge in [-0.2, -0.15) is 0 Å². The van der Waals surface area contributed by atoms with E-state index in [1.807, 2.05) is 20.0 Å². The topological polar surface area (TPSA) is 50.7 Å². The van der Waals surface area contributed by atoms with Crippen molar-refractivity contribution in [1.29, 1.82) is 0 Å². The molecule has 4 nitrogen and oxygen atoms in total. The molecule has 0 aromatic carbocycles. The van der Waals surface area contributed by atoms with Crippen LogP contribution in [-0.2, 0) is 0 Å². The highest BCUT2D eigenvalue weighted by atomic mass is 15.0. The Kier molecular flexibility index (Phi) is 2.58. The zero-order valence-electron chi connectivity index (χ0n) is 8.73. The van der Waals surface area contributed by atoms with Crippen LogP contribution < -0.4 is 5.32 Å². The highest BCUT2D eigenvalue weighted by Crippen LogP contribution is 2.19. The number of nitrogens with one attached hydrogen (secondary N) is 1. The fourth-order valence-corrected chi connectivity index (χ4v) is 1.35. The van der Waals surface area contributed by atoms with Crippen LogP contribution in [0, 0.1) is 6.92 Å². The fourth-order valence-electron chi connectivity index (χ4n) is 1.35. The highest BCUT2D eigenvalue weighted by molar-refractivity contribution is 5.62. The van der Waals surface area contributed by atoms with E-state index in [4.69, 9.17) is 0 Å². The minimum atomic E-state index is 0.760. The molecule has 15 heavy (non-hydrogen) atoms. The first-order chi connectivity index (χ1) is 7.31. The third-order valence-electron chi connectivity index (χ3n) is 2.21. The summed E-state index contributed by atoms with van der Waals surface area (Å²) in [6.45, 7) is 2.03. The first-order valence-electron chi connectivity index (χ1n) is 4.72. The number of aryl methyl sites for hydroxylation is 1. The first-order valence-corrected chi connectivity index (χ1v) is 4.72. The van der Waals surface area contributed by atoms with E-state index in [1.165, 1.54) is 0 Å². The molecule has 0 bridgehead atoms. The van der Waals surface area contributed by atoms with Crippen molar-refractivity contribution in [2.75, 3.05) is 12.4 Å². The molecular formula is C11H12N4. The van der Waals surface area contributed by atoms with E-state index in [2.05, 4.69) is 20.3 Å². The molecule has 1 N–H and O–H groups in total. The Morgan fingerprint density at radius 3 is 2.73 bits per heavy atom. The van der Waals surface area contributed by atoms with Gasteiger partial charge in [0.1, 0.15) is 5.82 Å². The molecule has 0 aliphatic rings. The summed E-state index contributed by atoms with van der Waals surface area (Å²) in [5.74, 6) is 0.760. The van der Waals surface area contributed by atoms with Crippen LogP contribution in [0.25, 0.3) is 11.3 Å². The lowest BCUT2D eigenvalue weighted by molar-refractivity contribution is 1.17. The van der Waals surface area contributed by atoms with Gasteiger partial charge in [-0.1, -0.05) is 0 Å². The van der Waals surface area contributed by atoms with E-state index in [0.29, 0.717) is 0 Å². The summed E-state index contributed by atoms with van der Waals surface area (Å²) in [7, 11) is 1.82. The number of hydrogen-bond donors (Lipinski definition) is 1. The molecule has 0 aliphatic heterocycles. The lowest BCUT2D eigenvalue weighted by atomic mass is 10.1. The molecule has 76 valence electrons. The summed E-state index contributed by atoms with van der Waals surface area (Å²) in [6, 6.07) is 1.96. The predicted molar refractivity (Wildman–Crippen MR) is 59.5 cm³/mol. The first kappa shape index (κ1) is 9.58. The van der Waals surface area contributed by atoms with E-state index in [1.54, 1.807) is 24.8 Å². The van der Waals surface area contributed by atoms with Crippen molar-refractivity contribution < 1.29 is 0 Å². The van der Waals surface area contributed by atoms with Crippen molar-refractivity contribution in [3.8, 4) is 11.3 Å². The molecule has 0 amide bonds. The highest BCUT2D eigenvalue weighted by Gasteiger charge is 2.03. The van der Waals surface area contributed by atoms with E-state index >= 15 is 0 Å². The predicted octanol–water partition coefficient (Wildman–Crippen LogP) is 1.89. The van der Waals surface area contributed by atoms with Gasteiger partial charge in [-0.05, 0) is 18.6 Å². The Labute approximate surface area is 88.4 Å². The van der Waals surface area contributed by atoms with Crippen LogP contribution >= 0.6 is 0 Å². The minimum absolute atomic E-state index is 0.760. The third-order valence-corrected chi connectivity index (χ3v) is 2.21. The van der Waals surface area contributed by atoms with Crippen molar-refractivity contribution in [1.82, 2.24) is 15.0 Å². The third kappa shape index (κ3) is 1.93. The summed E-state index contributed by atoms with van der Waals surface area (Å²) in [5.41, 5.74) is 3.00. The van der Waals surface area contributed by atoms with Gasteiger partial charge in [0.2, 0.25) is 0 Å². The summed E-state index contributed by atoms with van der Waals surface area (Å²) in [6.07, 6.45) is 7.01. The monoisotopic (exact) mass is 200 g/mol. The maximum atomic E-state index is 4.41. The Hall–Kier alpha value is -1.97. The number of aromatic nitrogens is 3. The zero-order chi connectivity index (χ0) is 10.7. The summed E-state index contributed by atoms with van der Waals surface area (Å²) < 4.78 is 0. The fraction of sp³-hybridized carbons (Fsp3) is 0.182. The second-order valence-electron chi connectivity index (χ2n) is 3.23. The number of nitrogens with zero attached hydrogens (tertiary/aromatic N) is 3. The number of pyridine rings is 1. The van der Waals surface area contributed by atoms with Crippen molar-refractivity contribution >= 4 is 5.82 Å². The normalized spacial score (nSPS) is 10.0. The van der Waals surface area contributed by atoms with Gasteiger partial charge in [-0.25, -0.2) is 4.98 Å². The summed E-state index contributed by atoms with van der Waals surface area (Å²) in [4.78, 5) is 12.6. The van der Waals surface area contributed by atoms with Crippen LogP contribution in [-0.4, -0.2) is 22.0 Å². The molecule has 4 heteroatoms. The maximum absolute atomic E-state index is 4.41. The van der Waals surface area contributed by atoms with E-state index in [9.17, 15) is 0 Å². The molecular weight excluding hydrogens is 188 g/mol. The summed E-state index contributed by atoms with van der Waals surface area (Å²) in [5, 5.41) is 2.96. The van der Waals surface area contributed by atoms with Crippen molar-refractivity contribution in [2.45, 2.75) is 6.92 Å². The van der Waals surface area contributed by atoms with Gasteiger partial charge in [-0.15, -0.1) is 0 Å². The molecule has 0 fully saturated rings. The van der Waals surface area contributed by atoms with Gasteiger partial charge in [0.25, 0.3) is 0 Å². The van der Waals surface area contributed by atoms with Crippen LogP contribution in [0.4, 0.5) is 5.82 Å². The van der Waals surface area contributed by atoms with Crippen LogP contribution in [0.3, 0.4) is 0 Å². The van der Waals surface area contributed by atoms with Crippen LogP contribution in [0.1, 0.15) is 5.56 Å². The average Bonchev–Trinajstić information content (AvgIpc) is 2.30. The zero-order valence-corrected chi connectivity index (χ0v) is 8.73. The van der Waals surface area contributed by atoms with E-state index in [-0.39, 0.29) is 0 Å². The second kappa shape index (κ2) is 4.04. The van der Waals surface area contributed by atoms with Crippen molar-refractivity contribution in [2.24, 2.45) is 0 Å². The Morgan fingerprint density at radius 2 is 2.00 bits per heavy atom. The lowest BCUT2D eigenvalue weighted by Gasteiger charge is -2.05. The summed E-state index contributed by atoms with van der Waals surface area (Å²) >= 11 is 0. The largest absolute Gasteiger partial charge is 0.372 e.